The maximum Gasteiger partial charge on any atom is 0.325 e. The lowest BCUT2D eigenvalue weighted by Crippen LogP contribution is -2.41. The van der Waals surface area contributed by atoms with E-state index < -0.39 is 30.0 Å². The standard InChI is InChI=1S/C11H12N2O5/c1-6-3-4-7(18-6)11(2)9(16)13(5-8(14)15)10(17)12-11/h3-4H,5H2,1-2H3,(H,12,17)(H,14,15). The summed E-state index contributed by atoms with van der Waals surface area (Å²) in [4.78, 5) is 35.0. The minimum absolute atomic E-state index is 0.284. The van der Waals surface area contributed by atoms with E-state index in [9.17, 15) is 14.4 Å². The van der Waals surface area contributed by atoms with Crippen LogP contribution in [0.25, 0.3) is 0 Å². The van der Waals surface area contributed by atoms with E-state index in [1.807, 2.05) is 0 Å². The van der Waals surface area contributed by atoms with Gasteiger partial charge in [-0.2, -0.15) is 0 Å². The Morgan fingerprint density at radius 3 is 2.67 bits per heavy atom. The van der Waals surface area contributed by atoms with Gasteiger partial charge in [0.25, 0.3) is 5.91 Å². The Morgan fingerprint density at radius 2 is 2.17 bits per heavy atom. The monoisotopic (exact) mass is 252 g/mol. The predicted octanol–water partition coefficient (Wildman–Crippen LogP) is 0.440. The van der Waals surface area contributed by atoms with Crippen LogP contribution in [-0.2, 0) is 15.1 Å². The van der Waals surface area contributed by atoms with Gasteiger partial charge >= 0.3 is 12.0 Å². The molecule has 1 aromatic heterocycles. The Balaban J connectivity index is 2.34. The first-order valence-electron chi connectivity index (χ1n) is 5.27. The van der Waals surface area contributed by atoms with Crippen molar-refractivity contribution in [2.24, 2.45) is 0 Å². The molecule has 0 aromatic carbocycles. The second kappa shape index (κ2) is 3.86. The Morgan fingerprint density at radius 1 is 1.50 bits per heavy atom. The van der Waals surface area contributed by atoms with Crippen molar-refractivity contribution in [3.63, 3.8) is 0 Å². The second-order valence-corrected chi connectivity index (χ2v) is 4.25. The molecule has 0 radical (unpaired) electrons. The van der Waals surface area contributed by atoms with Gasteiger partial charge < -0.3 is 14.8 Å². The lowest BCUT2D eigenvalue weighted by Gasteiger charge is -2.18. The summed E-state index contributed by atoms with van der Waals surface area (Å²) in [5, 5.41) is 11.1. The zero-order valence-corrected chi connectivity index (χ0v) is 9.89. The molecule has 1 aromatic rings. The molecular formula is C11H12N2O5. The number of aliphatic carboxylic acids is 1. The summed E-state index contributed by atoms with van der Waals surface area (Å²) in [5.74, 6) is -1.00. The number of furan rings is 1. The molecule has 3 amide bonds. The number of carbonyl (C=O) groups is 3. The van der Waals surface area contributed by atoms with E-state index >= 15 is 0 Å². The van der Waals surface area contributed by atoms with Crippen LogP contribution in [0.4, 0.5) is 4.79 Å². The van der Waals surface area contributed by atoms with Gasteiger partial charge in [0.05, 0.1) is 0 Å². The number of urea groups is 1. The van der Waals surface area contributed by atoms with Crippen molar-refractivity contribution < 1.29 is 23.9 Å². The molecule has 0 saturated carbocycles. The van der Waals surface area contributed by atoms with Crippen molar-refractivity contribution in [1.29, 1.82) is 0 Å². The zero-order chi connectivity index (χ0) is 13.5. The third-order valence-corrected chi connectivity index (χ3v) is 2.80. The molecule has 0 spiro atoms. The van der Waals surface area contributed by atoms with Gasteiger partial charge in [0.15, 0.2) is 5.54 Å². The number of carboxylic acids is 1. The van der Waals surface area contributed by atoms with E-state index in [-0.39, 0.29) is 5.76 Å². The van der Waals surface area contributed by atoms with Crippen LogP contribution in [0, 0.1) is 6.92 Å². The molecule has 1 fully saturated rings. The van der Waals surface area contributed by atoms with E-state index in [0.717, 1.165) is 0 Å². The molecule has 18 heavy (non-hydrogen) atoms. The predicted molar refractivity (Wildman–Crippen MR) is 58.7 cm³/mol. The maximum absolute atomic E-state index is 12.1. The molecule has 1 saturated heterocycles. The SMILES string of the molecule is Cc1ccc(C2(C)NC(=O)N(CC(=O)O)C2=O)o1. The minimum atomic E-state index is -1.35. The Labute approximate surface area is 102 Å². The number of hydrogen-bond donors (Lipinski definition) is 2. The van der Waals surface area contributed by atoms with E-state index in [1.165, 1.54) is 6.92 Å². The van der Waals surface area contributed by atoms with Crippen LogP contribution in [-0.4, -0.2) is 34.5 Å². The van der Waals surface area contributed by atoms with Crippen molar-refractivity contribution in [2.45, 2.75) is 19.4 Å². The fraction of sp³-hybridized carbons (Fsp3) is 0.364. The number of aryl methyl sites for hydroxylation is 1. The van der Waals surface area contributed by atoms with Gasteiger partial charge in [0, 0.05) is 0 Å². The number of carbonyl (C=O) groups excluding carboxylic acids is 2. The number of carboxylic acid groups (broad SMARTS) is 1. The van der Waals surface area contributed by atoms with Gasteiger partial charge in [0.2, 0.25) is 0 Å². The molecule has 1 aliphatic heterocycles. The van der Waals surface area contributed by atoms with E-state index in [1.54, 1.807) is 19.1 Å². The Kier molecular flexibility index (Phi) is 2.61. The van der Waals surface area contributed by atoms with Crippen LogP contribution in [0.5, 0.6) is 0 Å². The largest absolute Gasteiger partial charge is 0.480 e. The summed E-state index contributed by atoms with van der Waals surface area (Å²) in [6.07, 6.45) is 0. The highest BCUT2D eigenvalue weighted by Crippen LogP contribution is 2.29. The average Bonchev–Trinajstić information content (AvgIpc) is 2.78. The van der Waals surface area contributed by atoms with Gasteiger partial charge in [-0.3, -0.25) is 14.5 Å². The number of nitrogens with one attached hydrogen (secondary N) is 1. The number of imide groups is 1. The van der Waals surface area contributed by atoms with Crippen molar-refractivity contribution >= 4 is 17.9 Å². The molecule has 1 unspecified atom stereocenters. The van der Waals surface area contributed by atoms with E-state index in [4.69, 9.17) is 9.52 Å². The van der Waals surface area contributed by atoms with Crippen LogP contribution >= 0.6 is 0 Å². The first-order chi connectivity index (χ1) is 8.34. The van der Waals surface area contributed by atoms with Crippen molar-refractivity contribution in [1.82, 2.24) is 10.2 Å². The highest BCUT2D eigenvalue weighted by molar-refractivity contribution is 6.08. The summed E-state index contributed by atoms with van der Waals surface area (Å²) in [6.45, 7) is 2.52. The number of rotatable bonds is 3. The molecule has 1 atom stereocenters. The van der Waals surface area contributed by atoms with Gasteiger partial charge in [-0.15, -0.1) is 0 Å². The molecule has 7 nitrogen and oxygen atoms in total. The lowest BCUT2D eigenvalue weighted by molar-refractivity contribution is -0.142. The normalized spacial score (nSPS) is 23.3. The van der Waals surface area contributed by atoms with Crippen LogP contribution in [0.2, 0.25) is 0 Å². The molecule has 0 aliphatic carbocycles. The van der Waals surface area contributed by atoms with Crippen LogP contribution in [0.15, 0.2) is 16.5 Å². The van der Waals surface area contributed by atoms with E-state index in [0.29, 0.717) is 10.7 Å². The first-order valence-corrected chi connectivity index (χ1v) is 5.27. The Hall–Kier alpha value is -2.31. The average molecular weight is 252 g/mol. The molecule has 2 rings (SSSR count). The van der Waals surface area contributed by atoms with Crippen molar-refractivity contribution in [2.75, 3.05) is 6.54 Å². The van der Waals surface area contributed by atoms with Gasteiger partial charge in [-0.1, -0.05) is 0 Å². The number of nitrogens with zero attached hydrogens (tertiary/aromatic N) is 1. The quantitative estimate of drug-likeness (QED) is 0.760. The van der Waals surface area contributed by atoms with Crippen LogP contribution in [0.1, 0.15) is 18.4 Å². The lowest BCUT2D eigenvalue weighted by atomic mass is 9.99. The van der Waals surface area contributed by atoms with Crippen molar-refractivity contribution in [3.05, 3.63) is 23.7 Å². The van der Waals surface area contributed by atoms with Crippen LogP contribution < -0.4 is 5.32 Å². The summed E-state index contributed by atoms with van der Waals surface area (Å²) in [6, 6.07) is 2.51. The smallest absolute Gasteiger partial charge is 0.325 e. The molecule has 7 heteroatoms. The highest BCUT2D eigenvalue weighted by atomic mass is 16.4. The summed E-state index contributed by atoms with van der Waals surface area (Å²) in [5.41, 5.74) is -1.35. The molecule has 96 valence electrons. The van der Waals surface area contributed by atoms with Gasteiger partial charge in [-0.25, -0.2) is 4.79 Å². The fourth-order valence-corrected chi connectivity index (χ4v) is 1.85. The summed E-state index contributed by atoms with van der Waals surface area (Å²) < 4.78 is 5.33. The number of hydrogen-bond acceptors (Lipinski definition) is 4. The molecule has 2 heterocycles. The van der Waals surface area contributed by atoms with Gasteiger partial charge in [0.1, 0.15) is 18.1 Å². The first kappa shape index (κ1) is 12.2. The highest BCUT2D eigenvalue weighted by Gasteiger charge is 2.51. The second-order valence-electron chi connectivity index (χ2n) is 4.25. The maximum atomic E-state index is 12.1. The summed E-state index contributed by atoms with van der Waals surface area (Å²) in [7, 11) is 0. The third-order valence-electron chi connectivity index (χ3n) is 2.80. The zero-order valence-electron chi connectivity index (χ0n) is 9.89. The molecule has 2 N–H and O–H groups in total. The topological polar surface area (TPSA) is 99.9 Å². The molecule has 1 aliphatic rings. The summed E-state index contributed by atoms with van der Waals surface area (Å²) >= 11 is 0. The molecule has 0 bridgehead atoms. The Bertz CT molecular complexity index is 535. The van der Waals surface area contributed by atoms with Gasteiger partial charge in [-0.05, 0) is 26.0 Å². The fourth-order valence-electron chi connectivity index (χ4n) is 1.85. The minimum Gasteiger partial charge on any atom is -0.480 e. The van der Waals surface area contributed by atoms with E-state index in [2.05, 4.69) is 5.32 Å². The van der Waals surface area contributed by atoms with Crippen molar-refractivity contribution in [3.8, 4) is 0 Å². The third kappa shape index (κ3) is 1.73. The number of amides is 3. The van der Waals surface area contributed by atoms with Crippen LogP contribution in [0.3, 0.4) is 0 Å². The molecular weight excluding hydrogens is 240 g/mol.